The summed E-state index contributed by atoms with van der Waals surface area (Å²) in [7, 11) is 0. The molecule has 118 valence electrons. The van der Waals surface area contributed by atoms with Crippen molar-refractivity contribution in [1.29, 1.82) is 0 Å². The molecule has 1 heterocycles. The first-order valence-corrected chi connectivity index (χ1v) is 7.39. The second kappa shape index (κ2) is 7.17. The zero-order valence-electron chi connectivity index (χ0n) is 12.8. The molecule has 1 amide bonds. The molecule has 0 bridgehead atoms. The summed E-state index contributed by atoms with van der Waals surface area (Å²) < 4.78 is 14.7. The first kappa shape index (κ1) is 16.2. The highest BCUT2D eigenvalue weighted by Crippen LogP contribution is 2.16. The van der Waals surface area contributed by atoms with Crippen LogP contribution in [0.25, 0.3) is 5.69 Å². The summed E-state index contributed by atoms with van der Waals surface area (Å²) in [6, 6.07) is 6.07. The monoisotopic (exact) mass is 304 g/mol. The van der Waals surface area contributed by atoms with Gasteiger partial charge in [-0.2, -0.15) is 5.10 Å². The molecule has 2 aromatic rings. The van der Waals surface area contributed by atoms with Gasteiger partial charge >= 0.3 is 0 Å². The zero-order chi connectivity index (χ0) is 16.1. The maximum Gasteiger partial charge on any atom is 0.254 e. The van der Waals surface area contributed by atoms with E-state index in [1.165, 1.54) is 12.1 Å². The molecule has 0 aliphatic rings. The fourth-order valence-electron chi connectivity index (χ4n) is 2.22. The predicted octanol–water partition coefficient (Wildman–Crippen LogP) is 2.04. The van der Waals surface area contributed by atoms with Gasteiger partial charge in [-0.05, 0) is 44.0 Å². The Kier molecular flexibility index (Phi) is 5.27. The van der Waals surface area contributed by atoms with Gasteiger partial charge in [0.1, 0.15) is 5.82 Å². The summed E-state index contributed by atoms with van der Waals surface area (Å²) in [5.74, 6) is -0.464. The number of carbonyl (C=O) groups is 1. The van der Waals surface area contributed by atoms with Gasteiger partial charge in [0.05, 0.1) is 23.1 Å². The molecule has 0 radical (unpaired) electrons. The topological polar surface area (TPSA) is 72.9 Å². The van der Waals surface area contributed by atoms with Crippen LogP contribution in [0.2, 0.25) is 0 Å². The number of amides is 1. The van der Waals surface area contributed by atoms with Gasteiger partial charge in [0.15, 0.2) is 0 Å². The van der Waals surface area contributed by atoms with E-state index in [0.717, 1.165) is 17.8 Å². The molecule has 3 N–H and O–H groups in total. The smallest absolute Gasteiger partial charge is 0.254 e. The normalized spacial score (nSPS) is 12.2. The quantitative estimate of drug-likeness (QED) is 0.858. The number of benzene rings is 1. The Labute approximate surface area is 129 Å². The van der Waals surface area contributed by atoms with Crippen LogP contribution in [-0.2, 0) is 6.42 Å². The van der Waals surface area contributed by atoms with E-state index < -0.39 is 0 Å². The first-order chi connectivity index (χ1) is 10.5. The molecule has 0 spiro atoms. The fourth-order valence-corrected chi connectivity index (χ4v) is 2.22. The molecule has 0 saturated carbocycles. The van der Waals surface area contributed by atoms with Crippen molar-refractivity contribution in [1.82, 2.24) is 15.1 Å². The second-order valence-electron chi connectivity index (χ2n) is 5.27. The highest BCUT2D eigenvalue weighted by Gasteiger charge is 2.16. The Morgan fingerprint density at radius 2 is 2.09 bits per heavy atom. The Morgan fingerprint density at radius 3 is 2.68 bits per heavy atom. The predicted molar refractivity (Wildman–Crippen MR) is 83.5 cm³/mol. The van der Waals surface area contributed by atoms with Crippen LogP contribution in [0, 0.1) is 5.82 Å². The average molecular weight is 304 g/mol. The molecule has 1 aromatic heterocycles. The van der Waals surface area contributed by atoms with Crippen LogP contribution in [0.3, 0.4) is 0 Å². The molecule has 22 heavy (non-hydrogen) atoms. The van der Waals surface area contributed by atoms with Crippen molar-refractivity contribution in [3.05, 3.63) is 47.5 Å². The highest BCUT2D eigenvalue weighted by atomic mass is 19.1. The fraction of sp³-hybridized carbons (Fsp3) is 0.375. The maximum absolute atomic E-state index is 13.0. The summed E-state index contributed by atoms with van der Waals surface area (Å²) in [6.45, 7) is 4.38. The highest BCUT2D eigenvalue weighted by molar-refractivity contribution is 5.95. The van der Waals surface area contributed by atoms with Gasteiger partial charge in [0.2, 0.25) is 0 Å². The molecule has 0 fully saturated rings. The van der Waals surface area contributed by atoms with Crippen molar-refractivity contribution in [3.8, 4) is 5.69 Å². The maximum atomic E-state index is 13.0. The largest absolute Gasteiger partial charge is 0.352 e. The Hall–Kier alpha value is -2.21. The minimum atomic E-state index is -0.303. The van der Waals surface area contributed by atoms with E-state index in [2.05, 4.69) is 10.4 Å². The molecule has 0 aliphatic carbocycles. The molecule has 1 atom stereocenters. The minimum Gasteiger partial charge on any atom is -0.352 e. The van der Waals surface area contributed by atoms with Crippen LogP contribution in [0.4, 0.5) is 4.39 Å². The van der Waals surface area contributed by atoms with E-state index in [4.69, 9.17) is 5.73 Å². The van der Waals surface area contributed by atoms with Crippen LogP contribution in [0.5, 0.6) is 0 Å². The lowest BCUT2D eigenvalue weighted by Gasteiger charge is -2.09. The number of nitrogens with zero attached hydrogens (tertiary/aromatic N) is 2. The van der Waals surface area contributed by atoms with Crippen LogP contribution in [0.15, 0.2) is 30.5 Å². The number of halogens is 1. The van der Waals surface area contributed by atoms with Gasteiger partial charge in [-0.1, -0.05) is 6.92 Å². The Bertz CT molecular complexity index is 634. The second-order valence-corrected chi connectivity index (χ2v) is 5.27. The number of carbonyl (C=O) groups excluding carboxylic acids is 1. The Morgan fingerprint density at radius 1 is 1.41 bits per heavy atom. The summed E-state index contributed by atoms with van der Waals surface area (Å²) in [5.41, 5.74) is 7.73. The van der Waals surface area contributed by atoms with Crippen molar-refractivity contribution in [2.45, 2.75) is 32.7 Å². The first-order valence-electron chi connectivity index (χ1n) is 7.39. The SMILES string of the molecule is CCc1c(C(=O)NCCC(C)N)cnn1-c1ccc(F)cc1. The van der Waals surface area contributed by atoms with Gasteiger partial charge in [-0.3, -0.25) is 4.79 Å². The Balaban J connectivity index is 2.20. The van der Waals surface area contributed by atoms with Crippen molar-refractivity contribution < 1.29 is 9.18 Å². The molecule has 0 saturated heterocycles. The number of hydrogen-bond acceptors (Lipinski definition) is 3. The number of rotatable bonds is 6. The van der Waals surface area contributed by atoms with E-state index in [9.17, 15) is 9.18 Å². The van der Waals surface area contributed by atoms with Gasteiger partial charge in [-0.15, -0.1) is 0 Å². The van der Waals surface area contributed by atoms with E-state index >= 15 is 0 Å². The number of hydrogen-bond donors (Lipinski definition) is 2. The van der Waals surface area contributed by atoms with E-state index in [1.807, 2.05) is 13.8 Å². The summed E-state index contributed by atoms with van der Waals surface area (Å²) >= 11 is 0. The summed E-state index contributed by atoms with van der Waals surface area (Å²) in [4.78, 5) is 12.2. The van der Waals surface area contributed by atoms with Crippen molar-refractivity contribution in [3.63, 3.8) is 0 Å². The third-order valence-corrected chi connectivity index (χ3v) is 3.40. The molecular formula is C16H21FN4O. The summed E-state index contributed by atoms with van der Waals surface area (Å²) in [6.07, 6.45) is 2.91. The van der Waals surface area contributed by atoms with Crippen LogP contribution < -0.4 is 11.1 Å². The van der Waals surface area contributed by atoms with Crippen LogP contribution in [0.1, 0.15) is 36.3 Å². The number of aromatic nitrogens is 2. The molecule has 1 aromatic carbocycles. The molecule has 6 heteroatoms. The minimum absolute atomic E-state index is 0.0490. The third kappa shape index (κ3) is 3.71. The lowest BCUT2D eigenvalue weighted by molar-refractivity contribution is 0.0952. The van der Waals surface area contributed by atoms with Gasteiger partial charge < -0.3 is 11.1 Å². The summed E-state index contributed by atoms with van der Waals surface area (Å²) in [5, 5.41) is 7.11. The van der Waals surface area contributed by atoms with Crippen LogP contribution in [-0.4, -0.2) is 28.3 Å². The van der Waals surface area contributed by atoms with Crippen molar-refractivity contribution >= 4 is 5.91 Å². The molecule has 2 rings (SSSR count). The lowest BCUT2D eigenvalue weighted by atomic mass is 10.1. The van der Waals surface area contributed by atoms with Crippen molar-refractivity contribution in [2.24, 2.45) is 5.73 Å². The van der Waals surface area contributed by atoms with E-state index in [1.54, 1.807) is 23.0 Å². The van der Waals surface area contributed by atoms with Gasteiger partial charge in [0, 0.05) is 12.6 Å². The third-order valence-electron chi connectivity index (χ3n) is 3.40. The lowest BCUT2D eigenvalue weighted by Crippen LogP contribution is -2.29. The van der Waals surface area contributed by atoms with E-state index in [-0.39, 0.29) is 17.8 Å². The molecule has 5 nitrogen and oxygen atoms in total. The van der Waals surface area contributed by atoms with Crippen LogP contribution >= 0.6 is 0 Å². The number of nitrogens with two attached hydrogens (primary N) is 1. The average Bonchev–Trinajstić information content (AvgIpc) is 2.91. The molecule has 1 unspecified atom stereocenters. The zero-order valence-corrected chi connectivity index (χ0v) is 12.8. The standard InChI is InChI=1S/C16H21FN4O/c1-3-15-14(16(22)19-9-8-11(2)18)10-20-21(15)13-6-4-12(17)5-7-13/h4-7,10-11H,3,8-9,18H2,1-2H3,(H,19,22). The number of nitrogens with one attached hydrogen (secondary N) is 1. The van der Waals surface area contributed by atoms with Gasteiger partial charge in [-0.25, -0.2) is 9.07 Å². The van der Waals surface area contributed by atoms with Gasteiger partial charge in [0.25, 0.3) is 5.91 Å². The van der Waals surface area contributed by atoms with E-state index in [0.29, 0.717) is 18.5 Å². The molecular weight excluding hydrogens is 283 g/mol. The van der Waals surface area contributed by atoms with Crippen molar-refractivity contribution in [2.75, 3.05) is 6.54 Å². The molecule has 0 aliphatic heterocycles.